The molecule has 1 aromatic rings. The number of aliphatic hydroxyl groups excluding tert-OH is 1. The van der Waals surface area contributed by atoms with E-state index in [9.17, 15) is 9.90 Å². The number of methoxy groups -OCH3 is 1. The van der Waals surface area contributed by atoms with Crippen LogP contribution in [0.5, 0.6) is 5.75 Å². The van der Waals surface area contributed by atoms with Crippen LogP contribution >= 0.6 is 0 Å². The minimum Gasteiger partial charge on any atom is -0.491 e. The van der Waals surface area contributed by atoms with Gasteiger partial charge in [0, 0.05) is 6.54 Å². The molecule has 0 aliphatic heterocycles. The van der Waals surface area contributed by atoms with Crippen molar-refractivity contribution < 1.29 is 19.4 Å². The molecule has 0 aromatic heterocycles. The van der Waals surface area contributed by atoms with Gasteiger partial charge in [0.2, 0.25) is 0 Å². The molecular formula is C15H19NO4. The normalized spacial score (nSPS) is 11.4. The maximum atomic E-state index is 11.1. The molecule has 20 heavy (non-hydrogen) atoms. The number of terminal acetylenes is 1. The highest BCUT2D eigenvalue weighted by molar-refractivity contribution is 5.72. The molecule has 1 unspecified atom stereocenters. The van der Waals surface area contributed by atoms with Crippen LogP contribution < -0.4 is 10.1 Å². The SMILES string of the molecule is C#CCNCC(O)COc1ccc(CC(=O)OC)cc1. The maximum Gasteiger partial charge on any atom is 0.309 e. The van der Waals surface area contributed by atoms with Crippen molar-refractivity contribution in [2.45, 2.75) is 12.5 Å². The van der Waals surface area contributed by atoms with Gasteiger partial charge < -0.3 is 19.9 Å². The van der Waals surface area contributed by atoms with Crippen LogP contribution in [0.25, 0.3) is 0 Å². The van der Waals surface area contributed by atoms with E-state index in [4.69, 9.17) is 11.2 Å². The highest BCUT2D eigenvalue weighted by Gasteiger charge is 2.06. The largest absolute Gasteiger partial charge is 0.491 e. The molecule has 0 radical (unpaired) electrons. The third-order valence-corrected chi connectivity index (χ3v) is 2.55. The predicted molar refractivity (Wildman–Crippen MR) is 75.4 cm³/mol. The summed E-state index contributed by atoms with van der Waals surface area (Å²) in [6.07, 6.45) is 4.68. The number of carbonyl (C=O) groups is 1. The summed E-state index contributed by atoms with van der Waals surface area (Å²) in [5, 5.41) is 12.5. The molecule has 0 amide bonds. The summed E-state index contributed by atoms with van der Waals surface area (Å²) in [5.74, 6) is 2.77. The molecule has 108 valence electrons. The van der Waals surface area contributed by atoms with E-state index in [1.807, 2.05) is 0 Å². The Morgan fingerprint density at radius 1 is 1.45 bits per heavy atom. The van der Waals surface area contributed by atoms with Crippen LogP contribution in [0.15, 0.2) is 24.3 Å². The van der Waals surface area contributed by atoms with Gasteiger partial charge in [-0.25, -0.2) is 0 Å². The number of nitrogens with one attached hydrogen (secondary N) is 1. The van der Waals surface area contributed by atoms with E-state index in [0.29, 0.717) is 18.8 Å². The van der Waals surface area contributed by atoms with Gasteiger partial charge in [-0.15, -0.1) is 6.42 Å². The first-order valence-corrected chi connectivity index (χ1v) is 6.26. The third-order valence-electron chi connectivity index (χ3n) is 2.55. The highest BCUT2D eigenvalue weighted by Crippen LogP contribution is 2.13. The molecule has 5 heteroatoms. The quantitative estimate of drug-likeness (QED) is 0.408. The Kier molecular flexibility index (Phi) is 7.18. The summed E-state index contributed by atoms with van der Waals surface area (Å²) in [4.78, 5) is 11.1. The number of aliphatic hydroxyl groups is 1. The summed E-state index contributed by atoms with van der Waals surface area (Å²) in [6.45, 7) is 0.970. The minimum absolute atomic E-state index is 0.175. The molecule has 0 saturated heterocycles. The zero-order valence-corrected chi connectivity index (χ0v) is 11.5. The predicted octanol–water partition coefficient (Wildman–Crippen LogP) is 0.365. The fraction of sp³-hybridized carbons (Fsp3) is 0.400. The lowest BCUT2D eigenvalue weighted by molar-refractivity contribution is -0.139. The van der Waals surface area contributed by atoms with Crippen LogP contribution in [-0.4, -0.2) is 44.0 Å². The van der Waals surface area contributed by atoms with Crippen molar-refractivity contribution in [3.63, 3.8) is 0 Å². The van der Waals surface area contributed by atoms with Gasteiger partial charge in [-0.05, 0) is 17.7 Å². The van der Waals surface area contributed by atoms with E-state index in [1.54, 1.807) is 24.3 Å². The summed E-state index contributed by atoms with van der Waals surface area (Å²) >= 11 is 0. The van der Waals surface area contributed by atoms with Crippen molar-refractivity contribution in [2.75, 3.05) is 26.8 Å². The molecule has 1 aromatic carbocycles. The van der Waals surface area contributed by atoms with E-state index >= 15 is 0 Å². The molecule has 0 aliphatic carbocycles. The average Bonchev–Trinajstić information content (AvgIpc) is 2.46. The van der Waals surface area contributed by atoms with Crippen molar-refractivity contribution in [1.29, 1.82) is 0 Å². The molecular weight excluding hydrogens is 258 g/mol. The summed E-state index contributed by atoms with van der Waals surface area (Å²) < 4.78 is 10.0. The van der Waals surface area contributed by atoms with Gasteiger partial charge in [0.05, 0.1) is 20.1 Å². The van der Waals surface area contributed by atoms with Gasteiger partial charge in [-0.2, -0.15) is 0 Å². The molecule has 0 heterocycles. The second kappa shape index (κ2) is 8.97. The van der Waals surface area contributed by atoms with E-state index < -0.39 is 6.10 Å². The van der Waals surface area contributed by atoms with E-state index in [-0.39, 0.29) is 19.0 Å². The monoisotopic (exact) mass is 277 g/mol. The number of benzene rings is 1. The van der Waals surface area contributed by atoms with Crippen LogP contribution in [0.2, 0.25) is 0 Å². The molecule has 5 nitrogen and oxygen atoms in total. The fourth-order valence-corrected chi connectivity index (χ4v) is 1.50. The summed E-state index contributed by atoms with van der Waals surface area (Å²) in [5.41, 5.74) is 0.848. The smallest absolute Gasteiger partial charge is 0.309 e. The van der Waals surface area contributed by atoms with Crippen molar-refractivity contribution in [2.24, 2.45) is 0 Å². The number of carbonyl (C=O) groups excluding carboxylic acids is 1. The van der Waals surface area contributed by atoms with Crippen LogP contribution in [-0.2, 0) is 16.0 Å². The van der Waals surface area contributed by atoms with E-state index in [0.717, 1.165) is 5.56 Å². The lowest BCUT2D eigenvalue weighted by Gasteiger charge is -2.12. The fourth-order valence-electron chi connectivity index (χ4n) is 1.50. The second-order valence-electron chi connectivity index (χ2n) is 4.20. The number of rotatable bonds is 8. The molecule has 0 aliphatic rings. The minimum atomic E-state index is -0.627. The first-order valence-electron chi connectivity index (χ1n) is 6.26. The van der Waals surface area contributed by atoms with Crippen LogP contribution in [0.1, 0.15) is 5.56 Å². The number of hydrogen-bond donors (Lipinski definition) is 2. The average molecular weight is 277 g/mol. The van der Waals surface area contributed by atoms with E-state index in [2.05, 4.69) is 16.0 Å². The molecule has 0 bridgehead atoms. The summed E-state index contributed by atoms with van der Waals surface area (Å²) in [6, 6.07) is 7.07. The number of ether oxygens (including phenoxy) is 2. The Morgan fingerprint density at radius 3 is 2.75 bits per heavy atom. The molecule has 0 saturated carbocycles. The van der Waals surface area contributed by atoms with Gasteiger partial charge in [0.1, 0.15) is 18.5 Å². The lowest BCUT2D eigenvalue weighted by atomic mass is 10.1. The first kappa shape index (κ1) is 16.0. The molecule has 0 fully saturated rings. The van der Waals surface area contributed by atoms with Gasteiger partial charge in [-0.1, -0.05) is 18.1 Å². The Balaban J connectivity index is 2.34. The van der Waals surface area contributed by atoms with Crippen molar-refractivity contribution >= 4 is 5.97 Å². The van der Waals surface area contributed by atoms with Crippen molar-refractivity contribution in [3.05, 3.63) is 29.8 Å². The zero-order valence-electron chi connectivity index (χ0n) is 11.5. The van der Waals surface area contributed by atoms with Crippen LogP contribution in [0.3, 0.4) is 0 Å². The van der Waals surface area contributed by atoms with Crippen molar-refractivity contribution in [3.8, 4) is 18.1 Å². The second-order valence-corrected chi connectivity index (χ2v) is 4.20. The molecule has 0 spiro atoms. The summed E-state index contributed by atoms with van der Waals surface area (Å²) in [7, 11) is 1.36. The molecule has 1 atom stereocenters. The Bertz CT molecular complexity index is 450. The highest BCUT2D eigenvalue weighted by atomic mass is 16.5. The Labute approximate surface area is 118 Å². The Hall–Kier alpha value is -2.03. The lowest BCUT2D eigenvalue weighted by Crippen LogP contribution is -2.31. The molecule has 1 rings (SSSR count). The van der Waals surface area contributed by atoms with Crippen LogP contribution in [0.4, 0.5) is 0 Å². The first-order chi connectivity index (χ1) is 9.65. The van der Waals surface area contributed by atoms with Crippen LogP contribution in [0, 0.1) is 12.3 Å². The van der Waals surface area contributed by atoms with Gasteiger partial charge in [0.25, 0.3) is 0 Å². The van der Waals surface area contributed by atoms with E-state index in [1.165, 1.54) is 7.11 Å². The topological polar surface area (TPSA) is 67.8 Å². The zero-order chi connectivity index (χ0) is 14.8. The standard InChI is InChI=1S/C15H19NO4/c1-3-8-16-10-13(17)11-20-14-6-4-12(5-7-14)9-15(18)19-2/h1,4-7,13,16-17H,8-11H2,2H3. The number of hydrogen-bond acceptors (Lipinski definition) is 5. The van der Waals surface area contributed by atoms with Gasteiger partial charge in [-0.3, -0.25) is 4.79 Å². The van der Waals surface area contributed by atoms with Gasteiger partial charge in [0.15, 0.2) is 0 Å². The number of esters is 1. The Morgan fingerprint density at radius 2 is 2.15 bits per heavy atom. The third kappa shape index (κ3) is 6.23. The van der Waals surface area contributed by atoms with Crippen molar-refractivity contribution in [1.82, 2.24) is 5.32 Å². The maximum absolute atomic E-state index is 11.1. The van der Waals surface area contributed by atoms with Gasteiger partial charge >= 0.3 is 5.97 Å². The molecule has 2 N–H and O–H groups in total.